The van der Waals surface area contributed by atoms with E-state index in [1.54, 1.807) is 0 Å². The van der Waals surface area contributed by atoms with Gasteiger partial charge in [0, 0.05) is 17.2 Å². The molecule has 0 saturated carbocycles. The zero-order valence-corrected chi connectivity index (χ0v) is 12.2. The first kappa shape index (κ1) is 16.7. The van der Waals surface area contributed by atoms with Crippen LogP contribution in [0.2, 0.25) is 5.02 Å². The molecule has 1 aromatic carbocycles. The molecule has 0 aliphatic heterocycles. The van der Waals surface area contributed by atoms with Crippen LogP contribution in [0.25, 0.3) is 0 Å². The highest BCUT2D eigenvalue weighted by Gasteiger charge is 2.15. The summed E-state index contributed by atoms with van der Waals surface area (Å²) in [5.74, 6) is 0.0265. The first-order chi connectivity index (χ1) is 9.29. The third kappa shape index (κ3) is 6.18. The topological polar surface area (TPSA) is 113 Å². The van der Waals surface area contributed by atoms with Gasteiger partial charge in [-0.25, -0.2) is 13.6 Å². The van der Waals surface area contributed by atoms with Gasteiger partial charge in [0.25, 0.3) is 0 Å². The Bertz CT molecular complexity index is 576. The number of nitro benzene ring substituents is 1. The molecule has 7 nitrogen and oxygen atoms in total. The maximum atomic E-state index is 10.8. The summed E-state index contributed by atoms with van der Waals surface area (Å²) >= 11 is 5.75. The standard InChI is InChI=1S/C11H15ClN2O5S/c12-9-4-5-10(14(15)16)11(8-9)19-6-2-1-3-7-20(13,17)18/h4-5,8H,1-3,6-7H2,(H2,13,17,18). The molecule has 0 radical (unpaired) electrons. The fourth-order valence-corrected chi connectivity index (χ4v) is 2.29. The SMILES string of the molecule is NS(=O)(=O)CCCCCOc1cc(Cl)ccc1[N+](=O)[O-]. The minimum atomic E-state index is -3.43. The van der Waals surface area contributed by atoms with Gasteiger partial charge in [-0.05, 0) is 25.3 Å². The minimum absolute atomic E-state index is 0.0791. The van der Waals surface area contributed by atoms with Gasteiger partial charge in [0.05, 0.1) is 17.3 Å². The molecule has 9 heteroatoms. The summed E-state index contributed by atoms with van der Waals surface area (Å²) in [6, 6.07) is 4.07. The lowest BCUT2D eigenvalue weighted by atomic mass is 10.2. The van der Waals surface area contributed by atoms with Crippen molar-refractivity contribution in [2.45, 2.75) is 19.3 Å². The van der Waals surface area contributed by atoms with Gasteiger partial charge in [0.1, 0.15) is 0 Å². The van der Waals surface area contributed by atoms with Gasteiger partial charge < -0.3 is 4.74 Å². The van der Waals surface area contributed by atoms with Gasteiger partial charge in [-0.1, -0.05) is 11.6 Å². The Kier molecular flexibility index (Phi) is 6.18. The molecule has 0 unspecified atom stereocenters. The zero-order valence-electron chi connectivity index (χ0n) is 10.6. The Morgan fingerprint density at radius 1 is 1.30 bits per heavy atom. The van der Waals surface area contributed by atoms with E-state index in [9.17, 15) is 18.5 Å². The summed E-state index contributed by atoms with van der Waals surface area (Å²) in [4.78, 5) is 10.2. The molecule has 0 saturated heterocycles. The molecule has 0 atom stereocenters. The van der Waals surface area contributed by atoms with Crippen LogP contribution in [-0.2, 0) is 10.0 Å². The normalized spacial score (nSPS) is 11.3. The second-order valence-corrected chi connectivity index (χ2v) is 6.32. The monoisotopic (exact) mass is 322 g/mol. The maximum Gasteiger partial charge on any atom is 0.311 e. The van der Waals surface area contributed by atoms with E-state index in [0.29, 0.717) is 24.3 Å². The van der Waals surface area contributed by atoms with Crippen molar-refractivity contribution in [3.8, 4) is 5.75 Å². The average Bonchev–Trinajstić information content (AvgIpc) is 2.32. The number of nitrogens with two attached hydrogens (primary N) is 1. The quantitative estimate of drug-likeness (QED) is 0.447. The Hall–Kier alpha value is -1.38. The predicted octanol–water partition coefficient (Wildman–Crippen LogP) is 2.09. The van der Waals surface area contributed by atoms with Crippen LogP contribution in [0.15, 0.2) is 18.2 Å². The lowest BCUT2D eigenvalue weighted by Crippen LogP contribution is -2.16. The van der Waals surface area contributed by atoms with Crippen molar-refractivity contribution in [3.05, 3.63) is 33.3 Å². The van der Waals surface area contributed by atoms with E-state index in [2.05, 4.69) is 0 Å². The first-order valence-corrected chi connectivity index (χ1v) is 7.96. The van der Waals surface area contributed by atoms with Crippen molar-refractivity contribution in [1.82, 2.24) is 0 Å². The van der Waals surface area contributed by atoms with E-state index in [0.717, 1.165) is 0 Å². The zero-order chi connectivity index (χ0) is 15.2. The molecule has 0 fully saturated rings. The Morgan fingerprint density at radius 3 is 2.60 bits per heavy atom. The predicted molar refractivity (Wildman–Crippen MR) is 75.4 cm³/mol. The number of ether oxygens (including phenoxy) is 1. The van der Waals surface area contributed by atoms with Gasteiger partial charge in [-0.3, -0.25) is 10.1 Å². The van der Waals surface area contributed by atoms with Gasteiger partial charge in [-0.15, -0.1) is 0 Å². The Balaban J connectivity index is 2.42. The molecule has 1 rings (SSSR count). The van der Waals surface area contributed by atoms with Crippen LogP contribution >= 0.6 is 11.6 Å². The molecule has 0 amide bonds. The van der Waals surface area contributed by atoms with E-state index >= 15 is 0 Å². The molecule has 0 aliphatic rings. The van der Waals surface area contributed by atoms with E-state index in [-0.39, 0.29) is 23.8 Å². The van der Waals surface area contributed by atoms with Crippen molar-refractivity contribution in [2.24, 2.45) is 5.14 Å². The highest BCUT2D eigenvalue weighted by molar-refractivity contribution is 7.89. The van der Waals surface area contributed by atoms with Gasteiger partial charge in [0.2, 0.25) is 10.0 Å². The molecule has 112 valence electrons. The molecule has 0 spiro atoms. The van der Waals surface area contributed by atoms with Gasteiger partial charge in [0.15, 0.2) is 5.75 Å². The summed E-state index contributed by atoms with van der Waals surface area (Å²) in [7, 11) is -3.43. The number of benzene rings is 1. The van der Waals surface area contributed by atoms with Crippen molar-refractivity contribution in [3.63, 3.8) is 0 Å². The summed E-state index contributed by atoms with van der Waals surface area (Å²) in [5, 5.41) is 16.0. The fourth-order valence-electron chi connectivity index (χ4n) is 1.52. The third-order valence-corrected chi connectivity index (χ3v) is 3.54. The van der Waals surface area contributed by atoms with Crippen molar-refractivity contribution in [1.29, 1.82) is 0 Å². The van der Waals surface area contributed by atoms with Crippen LogP contribution in [0, 0.1) is 10.1 Å². The third-order valence-electron chi connectivity index (χ3n) is 2.45. The summed E-state index contributed by atoms with van der Waals surface area (Å²) in [5.41, 5.74) is -0.154. The number of unbranched alkanes of at least 4 members (excludes halogenated alkanes) is 2. The molecular formula is C11H15ClN2O5S. The molecular weight excluding hydrogens is 308 g/mol. The van der Waals surface area contributed by atoms with Crippen molar-refractivity contribution in [2.75, 3.05) is 12.4 Å². The average molecular weight is 323 g/mol. The smallest absolute Gasteiger partial charge is 0.311 e. The van der Waals surface area contributed by atoms with Gasteiger partial charge in [-0.2, -0.15) is 0 Å². The minimum Gasteiger partial charge on any atom is -0.487 e. The second-order valence-electron chi connectivity index (χ2n) is 4.15. The Labute approximate surface area is 121 Å². The molecule has 20 heavy (non-hydrogen) atoms. The van der Waals surface area contributed by atoms with Crippen LogP contribution in [0.1, 0.15) is 19.3 Å². The van der Waals surface area contributed by atoms with Crippen LogP contribution in [0.4, 0.5) is 5.69 Å². The van der Waals surface area contributed by atoms with E-state index in [1.165, 1.54) is 18.2 Å². The van der Waals surface area contributed by atoms with Crippen LogP contribution in [0.3, 0.4) is 0 Å². The maximum absolute atomic E-state index is 10.8. The molecule has 0 heterocycles. The largest absolute Gasteiger partial charge is 0.487 e. The number of hydrogen-bond acceptors (Lipinski definition) is 5. The number of nitrogens with zero attached hydrogens (tertiary/aromatic N) is 1. The molecule has 2 N–H and O–H groups in total. The number of halogens is 1. The second kappa shape index (κ2) is 7.41. The molecule has 0 aliphatic carbocycles. The van der Waals surface area contributed by atoms with E-state index < -0.39 is 14.9 Å². The number of primary sulfonamides is 1. The number of hydrogen-bond donors (Lipinski definition) is 1. The fraction of sp³-hybridized carbons (Fsp3) is 0.455. The number of nitro groups is 1. The van der Waals surface area contributed by atoms with Crippen molar-refractivity contribution >= 4 is 27.3 Å². The number of rotatable bonds is 8. The van der Waals surface area contributed by atoms with E-state index in [1.807, 2.05) is 0 Å². The van der Waals surface area contributed by atoms with Crippen LogP contribution in [0.5, 0.6) is 5.75 Å². The summed E-state index contributed by atoms with van der Waals surface area (Å²) < 4.78 is 26.7. The molecule has 0 aromatic heterocycles. The van der Waals surface area contributed by atoms with Crippen LogP contribution < -0.4 is 9.88 Å². The van der Waals surface area contributed by atoms with E-state index in [4.69, 9.17) is 21.5 Å². The number of sulfonamides is 1. The van der Waals surface area contributed by atoms with Gasteiger partial charge >= 0.3 is 5.69 Å². The van der Waals surface area contributed by atoms with Crippen molar-refractivity contribution < 1.29 is 18.1 Å². The summed E-state index contributed by atoms with van der Waals surface area (Å²) in [6.07, 6.45) is 1.60. The highest BCUT2D eigenvalue weighted by atomic mass is 35.5. The highest BCUT2D eigenvalue weighted by Crippen LogP contribution is 2.30. The lowest BCUT2D eigenvalue weighted by Gasteiger charge is -2.07. The molecule has 1 aromatic rings. The first-order valence-electron chi connectivity index (χ1n) is 5.87. The van der Waals surface area contributed by atoms with Crippen LogP contribution in [-0.4, -0.2) is 25.7 Å². The summed E-state index contributed by atoms with van der Waals surface area (Å²) in [6.45, 7) is 0.242. The Morgan fingerprint density at radius 2 is 2.00 bits per heavy atom. The molecule has 0 bridgehead atoms. The lowest BCUT2D eigenvalue weighted by molar-refractivity contribution is -0.385.